The highest BCUT2D eigenvalue weighted by atomic mass is 19.1. The van der Waals surface area contributed by atoms with Gasteiger partial charge in [0, 0.05) is 108 Å². The third-order valence-electron chi connectivity index (χ3n) is 17.4. The van der Waals surface area contributed by atoms with E-state index >= 15 is 8.78 Å². The number of aromatic amines is 1. The van der Waals surface area contributed by atoms with Crippen molar-refractivity contribution < 1.29 is 41.5 Å². The number of piperazine rings is 2. The zero-order chi connectivity index (χ0) is 56.6. The lowest BCUT2D eigenvalue weighted by molar-refractivity contribution is -0.137. The molecule has 10 rings (SSSR count). The second kappa shape index (κ2) is 26.3. The Morgan fingerprint density at radius 1 is 0.630 bits per heavy atom. The van der Waals surface area contributed by atoms with Crippen molar-refractivity contribution in [3.63, 3.8) is 0 Å². The summed E-state index contributed by atoms with van der Waals surface area (Å²) in [5.74, 6) is -3.85. The Morgan fingerprint density at radius 2 is 1.33 bits per heavy atom. The standard InChI is InChI=1S/C61H72F4N10O6/c62-46-15-13-44(53(65)34-46)35-66-36-55(76)75-20-6-9-45(38-75)43-14-17-51(63)49(33-43)58(78)67-57(42-7-2-1-3-8-42)61(81)74-25-23-71(24-26-74)37-40-18-21-70(22-19-40)39-56(77)72-27-29-73(30-28-72)60(80)50-31-41(12-16-52(50)64)32-54-47-10-4-5-11-48(47)59(79)69-68-54/h4-5,10-17,31,33-34,40,42,45,57,66H,1-3,6-9,18-30,32,35-39H2,(H,67,78)(H,69,79). The molecule has 0 spiro atoms. The van der Waals surface area contributed by atoms with Crippen molar-refractivity contribution in [3.8, 4) is 0 Å². The topological polar surface area (TPSA) is 175 Å². The Balaban J connectivity index is 0.658. The smallest absolute Gasteiger partial charge is 0.272 e. The number of aromatic nitrogens is 2. The van der Waals surface area contributed by atoms with Crippen LogP contribution < -0.4 is 16.2 Å². The Bertz CT molecular complexity index is 3150. The number of halogens is 4. The number of hydrogen-bond acceptors (Lipinski definition) is 10. The molecule has 16 nitrogen and oxygen atoms in total. The third-order valence-corrected chi connectivity index (χ3v) is 17.4. The van der Waals surface area contributed by atoms with Crippen LogP contribution in [-0.4, -0.2) is 173 Å². The van der Waals surface area contributed by atoms with Gasteiger partial charge in [-0.2, -0.15) is 5.10 Å². The summed E-state index contributed by atoms with van der Waals surface area (Å²) in [6.45, 7) is 7.31. The molecule has 2 unspecified atom stereocenters. The molecule has 1 aromatic heterocycles. The van der Waals surface area contributed by atoms with Gasteiger partial charge in [0.1, 0.15) is 29.3 Å². The lowest BCUT2D eigenvalue weighted by Crippen LogP contribution is -2.57. The molecule has 2 atom stereocenters. The van der Waals surface area contributed by atoms with Crippen LogP contribution in [-0.2, 0) is 27.3 Å². The van der Waals surface area contributed by atoms with Gasteiger partial charge in [0.25, 0.3) is 17.4 Å². The van der Waals surface area contributed by atoms with Gasteiger partial charge < -0.3 is 30.2 Å². The van der Waals surface area contributed by atoms with E-state index in [0.29, 0.717) is 93.1 Å². The fraction of sp³-hybridized carbons (Fsp3) is 0.492. The average molecular weight is 1120 g/mol. The highest BCUT2D eigenvalue weighted by Crippen LogP contribution is 2.31. The number of benzene rings is 4. The molecule has 4 aliphatic heterocycles. The molecule has 0 bridgehead atoms. The predicted octanol–water partition coefficient (Wildman–Crippen LogP) is 6.09. The predicted molar refractivity (Wildman–Crippen MR) is 297 cm³/mol. The summed E-state index contributed by atoms with van der Waals surface area (Å²) in [4.78, 5) is 92.7. The highest BCUT2D eigenvalue weighted by molar-refractivity contribution is 5.98. The molecule has 81 heavy (non-hydrogen) atoms. The first-order chi connectivity index (χ1) is 39.2. The van der Waals surface area contributed by atoms with Gasteiger partial charge >= 0.3 is 0 Å². The average Bonchev–Trinajstić information content (AvgIpc) is 3.49. The van der Waals surface area contributed by atoms with Crippen LogP contribution in [0.15, 0.2) is 83.7 Å². The number of hydrogen-bond donors (Lipinski definition) is 3. The SMILES string of the molecule is O=C(NC(C(=O)N1CCN(CC2CCN(CC(=O)N3CCN(C(=O)c4cc(Cc5n[nH]c(=O)c6ccccc56)ccc4F)CC3)CC2)CC1)C1CCCCC1)c1cc(C2CCCN(C(=O)CNCc3ccc(F)cc3F)C2)ccc1F. The van der Waals surface area contributed by atoms with Crippen LogP contribution in [0.5, 0.6) is 0 Å². The lowest BCUT2D eigenvalue weighted by Gasteiger charge is -2.41. The van der Waals surface area contributed by atoms with Crippen LogP contribution in [0.4, 0.5) is 17.6 Å². The monoisotopic (exact) mass is 1120 g/mol. The van der Waals surface area contributed by atoms with Crippen LogP contribution in [0, 0.1) is 35.1 Å². The van der Waals surface area contributed by atoms with Gasteiger partial charge in [0.2, 0.25) is 17.7 Å². The molecule has 5 aliphatic rings. The number of carbonyl (C=O) groups is 5. The van der Waals surface area contributed by atoms with E-state index in [-0.39, 0.29) is 84.5 Å². The van der Waals surface area contributed by atoms with Crippen LogP contribution in [0.3, 0.4) is 0 Å². The van der Waals surface area contributed by atoms with Gasteiger partial charge in [-0.05, 0) is 111 Å². The second-order valence-corrected chi connectivity index (χ2v) is 22.7. The third kappa shape index (κ3) is 14.0. The summed E-state index contributed by atoms with van der Waals surface area (Å²) in [5, 5.41) is 13.9. The fourth-order valence-corrected chi connectivity index (χ4v) is 12.6. The number of rotatable bonds is 16. The summed E-state index contributed by atoms with van der Waals surface area (Å²) >= 11 is 0. The van der Waals surface area contributed by atoms with Crippen molar-refractivity contribution in [1.29, 1.82) is 0 Å². The van der Waals surface area contributed by atoms with E-state index in [1.807, 2.05) is 17.0 Å². The minimum absolute atomic E-state index is 0.00480. The van der Waals surface area contributed by atoms with Crippen molar-refractivity contribution in [2.75, 3.05) is 98.2 Å². The van der Waals surface area contributed by atoms with E-state index in [9.17, 15) is 37.5 Å². The number of likely N-dealkylation sites (tertiary alicyclic amines) is 2. The Labute approximate surface area is 469 Å². The summed E-state index contributed by atoms with van der Waals surface area (Å²) in [6, 6.07) is 18.6. The van der Waals surface area contributed by atoms with Crippen LogP contribution >= 0.6 is 0 Å². The number of piperidine rings is 2. The van der Waals surface area contributed by atoms with Gasteiger partial charge in [-0.25, -0.2) is 22.7 Å². The van der Waals surface area contributed by atoms with Crippen molar-refractivity contribution >= 4 is 40.3 Å². The molecule has 1 aliphatic carbocycles. The van der Waals surface area contributed by atoms with Crippen molar-refractivity contribution in [1.82, 2.24) is 50.2 Å². The van der Waals surface area contributed by atoms with Crippen LogP contribution in [0.2, 0.25) is 0 Å². The molecular formula is C61H72F4N10O6. The summed E-state index contributed by atoms with van der Waals surface area (Å²) < 4.78 is 58.2. The van der Waals surface area contributed by atoms with E-state index in [1.165, 1.54) is 24.3 Å². The number of nitrogens with one attached hydrogen (secondary N) is 3. The second-order valence-electron chi connectivity index (χ2n) is 22.7. The Morgan fingerprint density at radius 3 is 2.09 bits per heavy atom. The van der Waals surface area contributed by atoms with Gasteiger partial charge in [0.15, 0.2) is 0 Å². The van der Waals surface area contributed by atoms with E-state index in [0.717, 1.165) is 82.6 Å². The molecule has 4 saturated heterocycles. The normalized spacial score (nSPS) is 19.4. The first kappa shape index (κ1) is 57.2. The Hall–Kier alpha value is -7.03. The van der Waals surface area contributed by atoms with E-state index in [4.69, 9.17) is 0 Å². The maximum absolute atomic E-state index is 15.6. The van der Waals surface area contributed by atoms with Gasteiger partial charge in [-0.1, -0.05) is 55.7 Å². The molecule has 4 aromatic carbocycles. The van der Waals surface area contributed by atoms with Crippen LogP contribution in [0.25, 0.3) is 10.8 Å². The highest BCUT2D eigenvalue weighted by Gasteiger charge is 2.37. The minimum atomic E-state index is -0.793. The quantitative estimate of drug-likeness (QED) is 0.0983. The number of H-pyrrole nitrogens is 1. The molecule has 430 valence electrons. The molecule has 0 radical (unpaired) electrons. The molecule has 3 N–H and O–H groups in total. The number of fused-ring (bicyclic) bond motifs is 1. The molecule has 20 heteroatoms. The Kier molecular flexibility index (Phi) is 18.5. The van der Waals surface area contributed by atoms with Crippen molar-refractivity contribution in [2.45, 2.75) is 82.7 Å². The van der Waals surface area contributed by atoms with Crippen molar-refractivity contribution in [3.05, 3.63) is 146 Å². The molecule has 5 heterocycles. The molecular weight excluding hydrogens is 1040 g/mol. The van der Waals surface area contributed by atoms with E-state index < -0.39 is 41.1 Å². The first-order valence-electron chi connectivity index (χ1n) is 28.8. The zero-order valence-electron chi connectivity index (χ0n) is 45.8. The molecule has 5 aromatic rings. The fourth-order valence-electron chi connectivity index (χ4n) is 12.6. The van der Waals surface area contributed by atoms with Crippen molar-refractivity contribution in [2.24, 2.45) is 11.8 Å². The van der Waals surface area contributed by atoms with Gasteiger partial charge in [-0.15, -0.1) is 0 Å². The number of amides is 5. The summed E-state index contributed by atoms with van der Waals surface area (Å²) in [5.41, 5.74) is 1.79. The molecule has 5 amide bonds. The maximum Gasteiger partial charge on any atom is 0.272 e. The summed E-state index contributed by atoms with van der Waals surface area (Å²) in [7, 11) is 0. The largest absolute Gasteiger partial charge is 0.341 e. The molecule has 1 saturated carbocycles. The lowest BCUT2D eigenvalue weighted by atomic mass is 9.83. The van der Waals surface area contributed by atoms with Gasteiger partial charge in [-0.3, -0.25) is 38.6 Å². The minimum Gasteiger partial charge on any atom is -0.341 e. The van der Waals surface area contributed by atoms with Crippen LogP contribution in [0.1, 0.15) is 107 Å². The van der Waals surface area contributed by atoms with E-state index in [2.05, 4.69) is 30.6 Å². The van der Waals surface area contributed by atoms with E-state index in [1.54, 1.807) is 51.1 Å². The van der Waals surface area contributed by atoms with Gasteiger partial charge in [0.05, 0.1) is 35.3 Å². The number of carbonyl (C=O) groups excluding carboxylic acids is 5. The maximum atomic E-state index is 15.6. The molecule has 5 fully saturated rings. The zero-order valence-corrected chi connectivity index (χ0v) is 45.8. The number of nitrogens with zero attached hydrogens (tertiary/aromatic N) is 7. The summed E-state index contributed by atoms with van der Waals surface area (Å²) in [6.07, 6.45) is 8.12. The first-order valence-corrected chi connectivity index (χ1v) is 28.8.